The predicted octanol–water partition coefficient (Wildman–Crippen LogP) is 0.0872. The Kier molecular flexibility index (Phi) is 3.46. The lowest BCUT2D eigenvalue weighted by molar-refractivity contribution is -0.0156. The summed E-state index contributed by atoms with van der Waals surface area (Å²) in [5, 5.41) is 36.6. The van der Waals surface area contributed by atoms with Gasteiger partial charge in [0.2, 0.25) is 0 Å². The van der Waals surface area contributed by atoms with Gasteiger partial charge in [-0.15, -0.1) is 0 Å². The third-order valence-corrected chi connectivity index (χ3v) is 2.13. The highest BCUT2D eigenvalue weighted by molar-refractivity contribution is 5.35. The molecule has 4 heteroatoms. The molecule has 1 rings (SSSR count). The monoisotopic (exact) mass is 198 g/mol. The summed E-state index contributed by atoms with van der Waals surface area (Å²) < 4.78 is 0. The van der Waals surface area contributed by atoms with Crippen LogP contribution in [0.2, 0.25) is 0 Å². The minimum Gasteiger partial charge on any atom is -0.508 e. The number of benzene rings is 1. The Bertz CT molecular complexity index is 311. The second-order valence-corrected chi connectivity index (χ2v) is 3.24. The van der Waals surface area contributed by atoms with Gasteiger partial charge in [-0.05, 0) is 30.2 Å². The van der Waals surface area contributed by atoms with Crippen molar-refractivity contribution in [2.24, 2.45) is 0 Å². The summed E-state index contributed by atoms with van der Waals surface area (Å²) in [4.78, 5) is 0. The van der Waals surface area contributed by atoms with Crippen LogP contribution in [0.1, 0.15) is 17.2 Å². The minimum absolute atomic E-state index is 0.0230. The molecular formula is C10H14O4. The van der Waals surface area contributed by atoms with Crippen molar-refractivity contribution in [2.75, 3.05) is 6.61 Å². The van der Waals surface area contributed by atoms with Crippen LogP contribution >= 0.6 is 0 Å². The molecule has 4 N–H and O–H groups in total. The first kappa shape index (κ1) is 11.0. The summed E-state index contributed by atoms with van der Waals surface area (Å²) in [6, 6.07) is 4.51. The average molecular weight is 198 g/mol. The Morgan fingerprint density at radius 1 is 1.29 bits per heavy atom. The standard InChI is InChI=1S/C10H14O4/c1-6-2-3-7(12)4-8(6)10(14)9(13)5-11/h2-4,9-14H,5H2,1H3. The number of aliphatic hydroxyl groups excluding tert-OH is 3. The molecule has 0 amide bonds. The van der Waals surface area contributed by atoms with Crippen LogP contribution in [0.3, 0.4) is 0 Å². The molecule has 0 saturated heterocycles. The molecule has 0 aliphatic rings. The highest BCUT2D eigenvalue weighted by Crippen LogP contribution is 2.24. The van der Waals surface area contributed by atoms with Gasteiger partial charge in [-0.2, -0.15) is 0 Å². The molecule has 0 radical (unpaired) electrons. The zero-order valence-corrected chi connectivity index (χ0v) is 7.88. The highest BCUT2D eigenvalue weighted by atomic mass is 16.4. The molecule has 2 unspecified atom stereocenters. The van der Waals surface area contributed by atoms with E-state index in [0.717, 1.165) is 5.56 Å². The van der Waals surface area contributed by atoms with Gasteiger partial charge in [-0.25, -0.2) is 0 Å². The average Bonchev–Trinajstić information content (AvgIpc) is 2.19. The Labute approximate surface area is 82.1 Å². The highest BCUT2D eigenvalue weighted by Gasteiger charge is 2.19. The maximum Gasteiger partial charge on any atom is 0.115 e. The summed E-state index contributed by atoms with van der Waals surface area (Å²) in [5.74, 6) is 0.0230. The fourth-order valence-electron chi connectivity index (χ4n) is 1.25. The van der Waals surface area contributed by atoms with Crippen LogP contribution in [0.5, 0.6) is 5.75 Å². The second-order valence-electron chi connectivity index (χ2n) is 3.24. The van der Waals surface area contributed by atoms with E-state index >= 15 is 0 Å². The van der Waals surface area contributed by atoms with Gasteiger partial charge < -0.3 is 20.4 Å². The lowest BCUT2D eigenvalue weighted by Crippen LogP contribution is -2.22. The number of aryl methyl sites for hydroxylation is 1. The maximum absolute atomic E-state index is 9.57. The number of aromatic hydroxyl groups is 1. The van der Waals surface area contributed by atoms with Crippen molar-refractivity contribution >= 4 is 0 Å². The molecule has 0 aliphatic carbocycles. The van der Waals surface area contributed by atoms with Gasteiger partial charge in [0, 0.05) is 0 Å². The minimum atomic E-state index is -1.23. The maximum atomic E-state index is 9.57. The number of phenolic OH excluding ortho intramolecular Hbond substituents is 1. The van der Waals surface area contributed by atoms with E-state index in [2.05, 4.69) is 0 Å². The topological polar surface area (TPSA) is 80.9 Å². The summed E-state index contributed by atoms with van der Waals surface area (Å²) in [7, 11) is 0. The lowest BCUT2D eigenvalue weighted by Gasteiger charge is -2.18. The van der Waals surface area contributed by atoms with Crippen LogP contribution in [0.25, 0.3) is 0 Å². The summed E-state index contributed by atoms with van der Waals surface area (Å²) in [6.45, 7) is 1.23. The van der Waals surface area contributed by atoms with Crippen molar-refractivity contribution < 1.29 is 20.4 Å². The second kappa shape index (κ2) is 4.41. The van der Waals surface area contributed by atoms with Crippen molar-refractivity contribution in [3.63, 3.8) is 0 Å². The Morgan fingerprint density at radius 3 is 2.50 bits per heavy atom. The van der Waals surface area contributed by atoms with Gasteiger partial charge >= 0.3 is 0 Å². The normalized spacial score (nSPS) is 15.1. The number of rotatable bonds is 3. The van der Waals surface area contributed by atoms with E-state index in [4.69, 9.17) is 5.11 Å². The zero-order chi connectivity index (χ0) is 10.7. The van der Waals surface area contributed by atoms with E-state index in [9.17, 15) is 15.3 Å². The summed E-state index contributed by atoms with van der Waals surface area (Å²) >= 11 is 0. The van der Waals surface area contributed by atoms with E-state index < -0.39 is 18.8 Å². The first-order valence-electron chi connectivity index (χ1n) is 4.32. The molecule has 0 aromatic heterocycles. The van der Waals surface area contributed by atoms with Crippen LogP contribution in [0.4, 0.5) is 0 Å². The largest absolute Gasteiger partial charge is 0.508 e. The molecule has 0 heterocycles. The molecule has 0 aliphatic heterocycles. The molecule has 0 bridgehead atoms. The molecule has 0 saturated carbocycles. The van der Waals surface area contributed by atoms with Crippen molar-refractivity contribution in [1.82, 2.24) is 0 Å². The van der Waals surface area contributed by atoms with E-state index in [1.165, 1.54) is 12.1 Å². The quantitative estimate of drug-likeness (QED) is 0.554. The number of hydrogen-bond acceptors (Lipinski definition) is 4. The van der Waals surface area contributed by atoms with Gasteiger partial charge in [-0.1, -0.05) is 6.07 Å². The first-order chi connectivity index (χ1) is 6.56. The number of hydrogen-bond donors (Lipinski definition) is 4. The van der Waals surface area contributed by atoms with E-state index in [1.54, 1.807) is 13.0 Å². The summed E-state index contributed by atoms with van der Waals surface area (Å²) in [6.07, 6.45) is -2.40. The fourth-order valence-corrected chi connectivity index (χ4v) is 1.25. The van der Waals surface area contributed by atoms with Gasteiger partial charge in [-0.3, -0.25) is 0 Å². The molecular weight excluding hydrogens is 184 g/mol. The van der Waals surface area contributed by atoms with E-state index in [-0.39, 0.29) is 5.75 Å². The van der Waals surface area contributed by atoms with Crippen LogP contribution in [-0.2, 0) is 0 Å². The molecule has 0 spiro atoms. The third-order valence-electron chi connectivity index (χ3n) is 2.13. The smallest absolute Gasteiger partial charge is 0.115 e. The molecule has 1 aromatic rings. The predicted molar refractivity (Wildman–Crippen MR) is 50.9 cm³/mol. The Hall–Kier alpha value is -1.10. The van der Waals surface area contributed by atoms with Crippen LogP contribution in [0, 0.1) is 6.92 Å². The zero-order valence-electron chi connectivity index (χ0n) is 7.88. The first-order valence-corrected chi connectivity index (χ1v) is 4.32. The SMILES string of the molecule is Cc1ccc(O)cc1C(O)C(O)CO. The Morgan fingerprint density at radius 2 is 1.93 bits per heavy atom. The molecule has 0 fully saturated rings. The van der Waals surface area contributed by atoms with E-state index in [1.807, 2.05) is 0 Å². The molecule has 4 nitrogen and oxygen atoms in total. The van der Waals surface area contributed by atoms with Gasteiger partial charge in [0.25, 0.3) is 0 Å². The molecule has 14 heavy (non-hydrogen) atoms. The lowest BCUT2D eigenvalue weighted by atomic mass is 9.99. The number of phenols is 1. The van der Waals surface area contributed by atoms with Crippen molar-refractivity contribution in [3.05, 3.63) is 29.3 Å². The molecule has 1 aromatic carbocycles. The fraction of sp³-hybridized carbons (Fsp3) is 0.400. The third kappa shape index (κ3) is 2.23. The van der Waals surface area contributed by atoms with Crippen LogP contribution in [0.15, 0.2) is 18.2 Å². The van der Waals surface area contributed by atoms with Crippen LogP contribution < -0.4 is 0 Å². The van der Waals surface area contributed by atoms with Gasteiger partial charge in [0.1, 0.15) is 18.0 Å². The number of aliphatic hydroxyl groups is 3. The summed E-state index contributed by atoms with van der Waals surface area (Å²) in [5.41, 5.74) is 1.18. The van der Waals surface area contributed by atoms with Crippen molar-refractivity contribution in [2.45, 2.75) is 19.1 Å². The van der Waals surface area contributed by atoms with Crippen molar-refractivity contribution in [3.8, 4) is 5.75 Å². The van der Waals surface area contributed by atoms with Gasteiger partial charge in [0.15, 0.2) is 0 Å². The molecule has 78 valence electrons. The van der Waals surface area contributed by atoms with Gasteiger partial charge in [0.05, 0.1) is 6.61 Å². The van der Waals surface area contributed by atoms with E-state index in [0.29, 0.717) is 5.56 Å². The van der Waals surface area contributed by atoms with Crippen molar-refractivity contribution in [1.29, 1.82) is 0 Å². The molecule has 2 atom stereocenters. The Balaban J connectivity index is 2.99. The van der Waals surface area contributed by atoms with Crippen LogP contribution in [-0.4, -0.2) is 33.1 Å².